The molecular weight excluding hydrogens is 354 g/mol. The predicted molar refractivity (Wildman–Crippen MR) is 99.7 cm³/mol. The zero-order chi connectivity index (χ0) is 16.9. The molecule has 0 unspecified atom stereocenters. The molecule has 4 aromatic rings. The first-order valence-electron chi connectivity index (χ1n) is 7.62. The van der Waals surface area contributed by atoms with E-state index in [0.29, 0.717) is 17.9 Å². The van der Waals surface area contributed by atoms with E-state index in [2.05, 4.69) is 9.97 Å². The number of nitrogens with two attached hydrogens (primary N) is 3. The summed E-state index contributed by atoms with van der Waals surface area (Å²) in [6.07, 6.45) is 0.702. The molecule has 6 heteroatoms. The zero-order valence-electron chi connectivity index (χ0n) is 13.5. The van der Waals surface area contributed by atoms with Crippen LogP contribution >= 0.6 is 0 Å². The molecule has 0 amide bonds. The van der Waals surface area contributed by atoms with Crippen molar-refractivity contribution in [2.24, 2.45) is 0 Å². The molecule has 0 radical (unpaired) electrons. The maximum absolute atomic E-state index is 6.07. The summed E-state index contributed by atoms with van der Waals surface area (Å²) in [4.78, 5) is 8.22. The van der Waals surface area contributed by atoms with Crippen LogP contribution in [0.4, 0.5) is 17.5 Å². The third-order valence-corrected chi connectivity index (χ3v) is 3.72. The smallest absolute Gasteiger partial charge is 0.222 e. The molecule has 0 saturated heterocycles. The molecule has 0 saturated carbocycles. The average molecular weight is 373 g/mol. The summed E-state index contributed by atoms with van der Waals surface area (Å²) in [7, 11) is 0. The maximum Gasteiger partial charge on any atom is 0.222 e. The van der Waals surface area contributed by atoms with E-state index in [0.717, 1.165) is 16.5 Å². The largest absolute Gasteiger partial charge is 0.748 e. The Hall–Kier alpha value is -2.82. The van der Waals surface area contributed by atoms with Crippen molar-refractivity contribution in [2.75, 3.05) is 17.2 Å². The molecule has 5 nitrogen and oxygen atoms in total. The van der Waals surface area contributed by atoms with Crippen molar-refractivity contribution < 1.29 is 17.1 Å². The molecule has 1 aromatic heterocycles. The van der Waals surface area contributed by atoms with Crippen LogP contribution in [0.15, 0.2) is 66.7 Å². The van der Waals surface area contributed by atoms with Crippen LogP contribution in [0.2, 0.25) is 0 Å². The van der Waals surface area contributed by atoms with Crippen molar-refractivity contribution in [1.82, 2.24) is 9.97 Å². The minimum Gasteiger partial charge on any atom is -0.748 e. The van der Waals surface area contributed by atoms with Gasteiger partial charge in [0, 0.05) is 28.1 Å². The number of fused-ring (bicyclic) bond motifs is 1. The first-order chi connectivity index (χ1) is 11.6. The van der Waals surface area contributed by atoms with Crippen molar-refractivity contribution in [1.29, 1.82) is 0 Å². The second-order valence-corrected chi connectivity index (χ2v) is 5.43. The fourth-order valence-electron chi connectivity index (χ4n) is 2.61. The van der Waals surface area contributed by atoms with Crippen molar-refractivity contribution in [3.05, 3.63) is 77.9 Å². The number of nitrogen functional groups attached to an aromatic ring is 3. The Morgan fingerprint density at radius 1 is 0.880 bits per heavy atom. The number of hydrogen-bond donors (Lipinski definition) is 3. The summed E-state index contributed by atoms with van der Waals surface area (Å²) in [5.41, 5.74) is 21.2. The van der Waals surface area contributed by atoms with Crippen LogP contribution in [0.5, 0.6) is 0 Å². The Balaban J connectivity index is 0.000000325. The van der Waals surface area contributed by atoms with Gasteiger partial charge in [0.15, 0.2) is 0 Å². The second kappa shape index (κ2) is 8.33. The maximum atomic E-state index is 6.07. The molecule has 4 rings (SSSR count). The standard InChI is InChI=1S/C14H14N5.C5H5.Fe/c15-10-5-6-11-12(13(16)19-14(17)18-11)9(10)7-8-3-1-2-4-8;1-2-4-5-3-1;/h1-6H,7,15H2,(H4,16,17,18,19);1-5H;/q-1;-5;. The van der Waals surface area contributed by atoms with Gasteiger partial charge in [0.1, 0.15) is 5.82 Å². The van der Waals surface area contributed by atoms with Gasteiger partial charge >= 0.3 is 0 Å². The van der Waals surface area contributed by atoms with Crippen LogP contribution in [-0.4, -0.2) is 9.97 Å². The number of nitrogens with zero attached hydrogens (tertiary/aromatic N) is 2. The molecule has 3 aromatic carbocycles. The molecule has 1 heterocycles. The number of benzene rings is 1. The van der Waals surface area contributed by atoms with E-state index in [1.807, 2.05) is 66.7 Å². The summed E-state index contributed by atoms with van der Waals surface area (Å²) >= 11 is 0. The third-order valence-electron chi connectivity index (χ3n) is 3.72. The minimum atomic E-state index is 0. The predicted octanol–water partition coefficient (Wildman–Crippen LogP) is 3.09. The van der Waals surface area contributed by atoms with Crippen LogP contribution in [0.3, 0.4) is 0 Å². The topological polar surface area (TPSA) is 104 Å². The van der Waals surface area contributed by atoms with Gasteiger partial charge < -0.3 is 47.5 Å². The van der Waals surface area contributed by atoms with Gasteiger partial charge in [-0.15, -0.1) is 0 Å². The first kappa shape index (κ1) is 18.5. The van der Waals surface area contributed by atoms with Crippen molar-refractivity contribution in [3.8, 4) is 0 Å². The molecule has 0 aliphatic carbocycles. The molecule has 0 atom stereocenters. The van der Waals surface area contributed by atoms with E-state index in [4.69, 9.17) is 17.2 Å². The van der Waals surface area contributed by atoms with Gasteiger partial charge in [-0.3, -0.25) is 0 Å². The van der Waals surface area contributed by atoms with Crippen molar-refractivity contribution in [3.63, 3.8) is 0 Å². The van der Waals surface area contributed by atoms with Gasteiger partial charge in [-0.25, -0.2) is 17.1 Å². The van der Waals surface area contributed by atoms with Crippen molar-refractivity contribution in [2.45, 2.75) is 6.42 Å². The van der Waals surface area contributed by atoms with Gasteiger partial charge in [-0.1, -0.05) is 0 Å². The van der Waals surface area contributed by atoms with Gasteiger partial charge in [0.2, 0.25) is 5.95 Å². The number of anilines is 3. The summed E-state index contributed by atoms with van der Waals surface area (Å²) in [6.45, 7) is 0. The van der Waals surface area contributed by atoms with Crippen LogP contribution < -0.4 is 17.2 Å². The van der Waals surface area contributed by atoms with E-state index in [9.17, 15) is 0 Å². The summed E-state index contributed by atoms with van der Waals surface area (Å²) in [5.74, 6) is 0.547. The average Bonchev–Trinajstić information content (AvgIpc) is 3.25. The third kappa shape index (κ3) is 4.38. The van der Waals surface area contributed by atoms with Crippen LogP contribution in [-0.2, 0) is 23.5 Å². The van der Waals surface area contributed by atoms with Gasteiger partial charge in [0.05, 0.1) is 5.52 Å². The molecule has 6 N–H and O–H groups in total. The molecule has 0 aliphatic heterocycles. The van der Waals surface area contributed by atoms with E-state index in [1.165, 1.54) is 5.56 Å². The number of aromatic nitrogens is 2. The Kier molecular flexibility index (Phi) is 6.17. The number of rotatable bonds is 2. The zero-order valence-corrected chi connectivity index (χ0v) is 14.6. The normalized spacial score (nSPS) is 9.92. The Morgan fingerprint density at radius 3 is 2.08 bits per heavy atom. The Labute approximate surface area is 157 Å². The SMILES string of the molecule is Nc1nc(N)c2c(C[c-]3cccc3)c(N)ccc2n1.[Fe].[cH-]1[cH-][cH-][cH-][cH-]1. The van der Waals surface area contributed by atoms with Crippen LogP contribution in [0.25, 0.3) is 10.9 Å². The molecule has 25 heavy (non-hydrogen) atoms. The summed E-state index contributed by atoms with van der Waals surface area (Å²) in [6, 6.07) is 21.7. The summed E-state index contributed by atoms with van der Waals surface area (Å²) in [5, 5.41) is 0.787. The first-order valence-corrected chi connectivity index (χ1v) is 7.62. The molecule has 0 spiro atoms. The molecule has 0 fully saturated rings. The molecular formula is C19H19FeN5-6. The summed E-state index contributed by atoms with van der Waals surface area (Å²) < 4.78 is 0. The van der Waals surface area contributed by atoms with Gasteiger partial charge in [0.25, 0.3) is 0 Å². The number of hydrogen-bond acceptors (Lipinski definition) is 5. The fourth-order valence-corrected chi connectivity index (χ4v) is 2.61. The monoisotopic (exact) mass is 373 g/mol. The minimum absolute atomic E-state index is 0. The Morgan fingerprint density at radius 2 is 1.48 bits per heavy atom. The van der Waals surface area contributed by atoms with E-state index >= 15 is 0 Å². The second-order valence-electron chi connectivity index (χ2n) is 5.43. The molecule has 0 bridgehead atoms. The van der Waals surface area contributed by atoms with Gasteiger partial charge in [-0.05, 0) is 24.1 Å². The van der Waals surface area contributed by atoms with Crippen LogP contribution in [0, 0.1) is 0 Å². The van der Waals surface area contributed by atoms with E-state index in [1.54, 1.807) is 0 Å². The Bertz CT molecular complexity index is 898. The van der Waals surface area contributed by atoms with Crippen LogP contribution in [0.1, 0.15) is 11.1 Å². The van der Waals surface area contributed by atoms with Gasteiger partial charge in [-0.2, -0.15) is 22.7 Å². The fraction of sp³-hybridized carbons (Fsp3) is 0.0526. The molecule has 134 valence electrons. The quantitative estimate of drug-likeness (QED) is 0.285. The van der Waals surface area contributed by atoms with Crippen molar-refractivity contribution >= 4 is 28.4 Å². The molecule has 0 aliphatic rings. The van der Waals surface area contributed by atoms with E-state index < -0.39 is 0 Å². The van der Waals surface area contributed by atoms with E-state index in [-0.39, 0.29) is 23.0 Å².